The maximum Gasteiger partial charge on any atom is 0.141 e. The van der Waals surface area contributed by atoms with Crippen LogP contribution >= 0.6 is 23.2 Å². The highest BCUT2D eigenvalue weighted by Gasteiger charge is 2.40. The normalized spacial score (nSPS) is 23.3. The molecule has 1 N–H and O–H groups in total. The van der Waals surface area contributed by atoms with Crippen molar-refractivity contribution in [2.45, 2.75) is 51.4 Å². The van der Waals surface area contributed by atoms with Gasteiger partial charge >= 0.3 is 0 Å². The van der Waals surface area contributed by atoms with Gasteiger partial charge in [-0.1, -0.05) is 40.5 Å². The van der Waals surface area contributed by atoms with Gasteiger partial charge in [0, 0.05) is 27.7 Å². The van der Waals surface area contributed by atoms with Gasteiger partial charge in [-0.25, -0.2) is 0 Å². The van der Waals surface area contributed by atoms with Crippen LogP contribution in [0.5, 0.6) is 5.75 Å². The minimum absolute atomic E-state index is 0.0955. The molecule has 3 aromatic rings. The van der Waals surface area contributed by atoms with Gasteiger partial charge in [0.15, 0.2) is 0 Å². The molecule has 0 spiro atoms. The van der Waals surface area contributed by atoms with E-state index in [1.807, 2.05) is 44.2 Å². The van der Waals surface area contributed by atoms with Crippen molar-refractivity contribution in [1.29, 1.82) is 0 Å². The molecule has 168 valence electrons. The molecule has 0 saturated carbocycles. The van der Waals surface area contributed by atoms with Crippen molar-refractivity contribution in [2.24, 2.45) is 0 Å². The fourth-order valence-corrected chi connectivity index (χ4v) is 5.69. The molecule has 2 aliphatic rings. The molecule has 1 aliphatic carbocycles. The van der Waals surface area contributed by atoms with Crippen molar-refractivity contribution in [2.75, 3.05) is 13.1 Å². The van der Waals surface area contributed by atoms with Gasteiger partial charge in [-0.2, -0.15) is 0 Å². The number of piperidine rings is 1. The molecule has 1 aromatic heterocycles. The van der Waals surface area contributed by atoms with Crippen molar-refractivity contribution < 1.29 is 14.4 Å². The van der Waals surface area contributed by atoms with E-state index in [9.17, 15) is 5.11 Å². The lowest BCUT2D eigenvalue weighted by Gasteiger charge is -2.37. The number of ether oxygens (including phenoxy) is 1. The first kappa shape index (κ1) is 21.8. The summed E-state index contributed by atoms with van der Waals surface area (Å²) >= 11 is 12.9. The van der Waals surface area contributed by atoms with Crippen molar-refractivity contribution in [3.8, 4) is 16.9 Å². The summed E-state index contributed by atoms with van der Waals surface area (Å²) in [5.41, 5.74) is 5.04. The predicted octanol–water partition coefficient (Wildman–Crippen LogP) is 5.77. The minimum Gasteiger partial charge on any atom is -0.484 e. The lowest BCUT2D eigenvalue weighted by molar-refractivity contribution is 0.0112. The van der Waals surface area contributed by atoms with Crippen LogP contribution in [0.2, 0.25) is 10.0 Å². The molecule has 0 radical (unpaired) electrons. The summed E-state index contributed by atoms with van der Waals surface area (Å²) in [7, 11) is 0. The van der Waals surface area contributed by atoms with Crippen LogP contribution in [0, 0.1) is 13.8 Å². The van der Waals surface area contributed by atoms with Gasteiger partial charge in [-0.15, -0.1) is 0 Å². The van der Waals surface area contributed by atoms with Crippen LogP contribution in [0.1, 0.15) is 41.5 Å². The Morgan fingerprint density at radius 2 is 1.94 bits per heavy atom. The summed E-state index contributed by atoms with van der Waals surface area (Å²) in [5, 5.41) is 15.6. The van der Waals surface area contributed by atoms with Gasteiger partial charge in [0.25, 0.3) is 0 Å². The third-order valence-corrected chi connectivity index (χ3v) is 7.16. The number of aliphatic hydroxyl groups is 1. The Hall–Kier alpha value is -2.05. The van der Waals surface area contributed by atoms with Crippen LogP contribution in [0.3, 0.4) is 0 Å². The average Bonchev–Trinajstić information content (AvgIpc) is 3.29. The fourth-order valence-electron chi connectivity index (χ4n) is 5.11. The zero-order chi connectivity index (χ0) is 22.4. The van der Waals surface area contributed by atoms with E-state index in [0.717, 1.165) is 65.3 Å². The zero-order valence-corrected chi connectivity index (χ0v) is 19.7. The summed E-state index contributed by atoms with van der Waals surface area (Å²) in [6, 6.07) is 11.9. The number of nitrogens with zero attached hydrogens (tertiary/aromatic N) is 2. The highest BCUT2D eigenvalue weighted by Crippen LogP contribution is 2.43. The molecule has 32 heavy (non-hydrogen) atoms. The number of aryl methyl sites for hydroxylation is 2. The third-order valence-electron chi connectivity index (χ3n) is 6.60. The number of aliphatic hydroxyl groups excluding tert-OH is 1. The second kappa shape index (κ2) is 8.71. The Bertz CT molecular complexity index is 1110. The van der Waals surface area contributed by atoms with Crippen LogP contribution in [-0.2, 0) is 6.42 Å². The maximum absolute atomic E-state index is 10.3. The number of likely N-dealkylation sites (tertiary alicyclic amines) is 1. The largest absolute Gasteiger partial charge is 0.484 e. The molecule has 0 amide bonds. The molecule has 3 atom stereocenters. The molecular formula is C25H26Cl2N2O3. The molecule has 5 rings (SSSR count). The summed E-state index contributed by atoms with van der Waals surface area (Å²) in [6.07, 6.45) is 2.08. The number of aromatic nitrogens is 1. The van der Waals surface area contributed by atoms with Crippen LogP contribution in [-0.4, -0.2) is 40.4 Å². The second-order valence-electron chi connectivity index (χ2n) is 8.78. The highest BCUT2D eigenvalue weighted by molar-refractivity contribution is 6.35. The summed E-state index contributed by atoms with van der Waals surface area (Å²) in [4.78, 5) is 2.33. The number of benzene rings is 2. The smallest absolute Gasteiger partial charge is 0.141 e. The van der Waals surface area contributed by atoms with E-state index in [2.05, 4.69) is 10.1 Å². The number of fused-ring (bicyclic) bond motifs is 1. The lowest BCUT2D eigenvalue weighted by atomic mass is 10.0. The van der Waals surface area contributed by atoms with Crippen LogP contribution in [0.25, 0.3) is 11.1 Å². The average molecular weight is 473 g/mol. The molecule has 0 bridgehead atoms. The Morgan fingerprint density at radius 1 is 1.16 bits per heavy atom. The molecule has 2 aromatic carbocycles. The monoisotopic (exact) mass is 472 g/mol. The lowest BCUT2D eigenvalue weighted by Crippen LogP contribution is -2.47. The van der Waals surface area contributed by atoms with E-state index < -0.39 is 0 Å². The molecule has 1 aliphatic heterocycles. The number of β-amino-alcohol motifs (C(OH)–C–C–N with tert-alkyl or cyclic N) is 1. The zero-order valence-electron chi connectivity index (χ0n) is 18.1. The van der Waals surface area contributed by atoms with E-state index in [1.54, 1.807) is 6.07 Å². The predicted molar refractivity (Wildman–Crippen MR) is 126 cm³/mol. The molecule has 2 heterocycles. The SMILES string of the molecule is Cc1noc(C)c1-c1ccc(OC2c3cc(Cl)cc(Cl)c3C[C@@H]2N2CCC[C@@H](O)C2)cc1. The van der Waals surface area contributed by atoms with E-state index in [0.29, 0.717) is 16.6 Å². The van der Waals surface area contributed by atoms with Gasteiger partial charge in [-0.3, -0.25) is 4.90 Å². The molecule has 1 unspecified atom stereocenters. The van der Waals surface area contributed by atoms with Crippen LogP contribution < -0.4 is 4.74 Å². The van der Waals surface area contributed by atoms with Gasteiger partial charge < -0.3 is 14.4 Å². The summed E-state index contributed by atoms with van der Waals surface area (Å²) in [6.45, 7) is 5.44. The minimum atomic E-state index is -0.304. The van der Waals surface area contributed by atoms with Gasteiger partial charge in [0.05, 0.1) is 17.8 Å². The molecule has 7 heteroatoms. The van der Waals surface area contributed by atoms with Gasteiger partial charge in [0.1, 0.15) is 17.6 Å². The van der Waals surface area contributed by atoms with Gasteiger partial charge in [0.2, 0.25) is 0 Å². The first-order valence-electron chi connectivity index (χ1n) is 11.0. The van der Waals surface area contributed by atoms with Crippen molar-refractivity contribution >= 4 is 23.2 Å². The molecule has 5 nitrogen and oxygen atoms in total. The Labute approximate surface area is 197 Å². The van der Waals surface area contributed by atoms with E-state index in [1.165, 1.54) is 0 Å². The standard InChI is InChI=1S/C25H26Cl2N2O3/c1-14-24(15(2)32-28-14)16-5-7-19(8-6-16)31-25-21-10-17(26)11-22(27)20(21)12-23(25)29-9-3-4-18(30)13-29/h5-8,10-11,18,23,25,30H,3-4,9,12-13H2,1-2H3/t18-,23+,25?/m1/s1. The molecule has 1 fully saturated rings. The molecular weight excluding hydrogens is 447 g/mol. The Morgan fingerprint density at radius 3 is 2.62 bits per heavy atom. The van der Waals surface area contributed by atoms with Crippen LogP contribution in [0.4, 0.5) is 0 Å². The third kappa shape index (κ3) is 4.03. The van der Waals surface area contributed by atoms with Gasteiger partial charge in [-0.05, 0) is 75.0 Å². The fraction of sp³-hybridized carbons (Fsp3) is 0.400. The van der Waals surface area contributed by atoms with Crippen molar-refractivity contribution in [3.63, 3.8) is 0 Å². The Kier molecular flexibility index (Phi) is 5.93. The number of rotatable bonds is 4. The summed E-state index contributed by atoms with van der Waals surface area (Å²) in [5.74, 6) is 1.57. The number of halogens is 2. The number of hydrogen-bond donors (Lipinski definition) is 1. The first-order valence-corrected chi connectivity index (χ1v) is 11.8. The van der Waals surface area contributed by atoms with Crippen molar-refractivity contribution in [1.82, 2.24) is 10.1 Å². The maximum atomic E-state index is 10.3. The van der Waals surface area contributed by atoms with Crippen LogP contribution in [0.15, 0.2) is 40.9 Å². The topological polar surface area (TPSA) is 58.7 Å². The molecule has 1 saturated heterocycles. The van der Waals surface area contributed by atoms with E-state index in [-0.39, 0.29) is 18.2 Å². The Balaban J connectivity index is 1.45. The summed E-state index contributed by atoms with van der Waals surface area (Å²) < 4.78 is 11.9. The van der Waals surface area contributed by atoms with Crippen molar-refractivity contribution in [3.05, 3.63) is 69.0 Å². The second-order valence-corrected chi connectivity index (χ2v) is 9.62. The van der Waals surface area contributed by atoms with E-state index in [4.69, 9.17) is 32.5 Å². The number of hydrogen-bond acceptors (Lipinski definition) is 5. The first-order chi connectivity index (χ1) is 15.4. The van der Waals surface area contributed by atoms with E-state index >= 15 is 0 Å². The highest BCUT2D eigenvalue weighted by atomic mass is 35.5. The quantitative estimate of drug-likeness (QED) is 0.522.